The van der Waals surface area contributed by atoms with Gasteiger partial charge in [-0.25, -0.2) is 4.79 Å². The lowest BCUT2D eigenvalue weighted by molar-refractivity contribution is -0.272. The molecule has 2 saturated carbocycles. The van der Waals surface area contributed by atoms with Crippen LogP contribution in [0.3, 0.4) is 0 Å². The number of carbonyl (C=O) groups excluding carboxylic acids is 2. The number of hydrogen-bond acceptors (Lipinski definition) is 10. The lowest BCUT2D eigenvalue weighted by atomic mass is 9.42. The molecule has 10 nitrogen and oxygen atoms in total. The zero-order valence-electron chi connectivity index (χ0n) is 25.2. The predicted octanol–water partition coefficient (Wildman–Crippen LogP) is 4.62. The highest BCUT2D eigenvalue weighted by molar-refractivity contribution is 5.66. The highest BCUT2D eigenvalue weighted by atomic mass is 16.6. The van der Waals surface area contributed by atoms with Gasteiger partial charge in [0.05, 0.1) is 18.8 Å². The molecule has 1 N–H and O–H groups in total. The Bertz CT molecular complexity index is 1390. The van der Waals surface area contributed by atoms with E-state index in [1.165, 1.54) is 13.8 Å². The molecule has 1 aliphatic heterocycles. The van der Waals surface area contributed by atoms with Gasteiger partial charge >= 0.3 is 17.6 Å². The maximum atomic E-state index is 13.5. The van der Waals surface area contributed by atoms with Crippen LogP contribution in [0.25, 0.3) is 11.3 Å². The van der Waals surface area contributed by atoms with Gasteiger partial charge in [-0.15, -0.1) is 0 Å². The molecule has 10 heteroatoms. The Kier molecular flexibility index (Phi) is 8.00. The Balaban J connectivity index is 1.65. The molecule has 42 heavy (non-hydrogen) atoms. The van der Waals surface area contributed by atoms with Gasteiger partial charge in [0, 0.05) is 55.8 Å². The van der Waals surface area contributed by atoms with Crippen LogP contribution in [-0.4, -0.2) is 53.1 Å². The van der Waals surface area contributed by atoms with E-state index in [2.05, 4.69) is 11.9 Å². The zero-order valence-corrected chi connectivity index (χ0v) is 25.2. The highest BCUT2D eigenvalue weighted by Gasteiger charge is 2.70. The monoisotopic (exact) mass is 583 g/mol. The minimum atomic E-state index is -1.27. The smallest absolute Gasteiger partial charge is 0.345 e. The van der Waals surface area contributed by atoms with Crippen LogP contribution in [0, 0.1) is 22.7 Å². The number of carbonyl (C=O) groups is 2. The molecule has 0 amide bonds. The van der Waals surface area contributed by atoms with E-state index in [4.69, 9.17) is 23.4 Å². The molecule has 0 bridgehead atoms. The van der Waals surface area contributed by atoms with Crippen molar-refractivity contribution in [2.45, 2.75) is 91.1 Å². The van der Waals surface area contributed by atoms with Crippen LogP contribution in [0.15, 0.2) is 39.8 Å². The van der Waals surface area contributed by atoms with Crippen molar-refractivity contribution in [2.24, 2.45) is 22.7 Å². The van der Waals surface area contributed by atoms with Crippen molar-refractivity contribution in [3.8, 4) is 17.1 Å². The number of hydrogen-bond donors (Lipinski definition) is 1. The fourth-order valence-corrected chi connectivity index (χ4v) is 8.18. The normalized spacial score (nSPS) is 35.2. The van der Waals surface area contributed by atoms with Crippen LogP contribution in [0.1, 0.15) is 78.9 Å². The lowest BCUT2D eigenvalue weighted by Gasteiger charge is -2.66. The van der Waals surface area contributed by atoms with E-state index in [0.717, 1.165) is 6.42 Å². The first kappa shape index (κ1) is 30.2. The molecular weight excluding hydrogens is 542 g/mol. The van der Waals surface area contributed by atoms with Crippen LogP contribution in [0.2, 0.25) is 0 Å². The number of aromatic nitrogens is 1. The summed E-state index contributed by atoms with van der Waals surface area (Å²) in [5, 5.41) is 12.1. The molecule has 0 saturated heterocycles. The zero-order chi connectivity index (χ0) is 30.4. The Morgan fingerprint density at radius 2 is 1.93 bits per heavy atom. The molecule has 3 heterocycles. The summed E-state index contributed by atoms with van der Waals surface area (Å²) in [4.78, 5) is 42.0. The SMILES string of the molecule is CCCO[C@H]1CC[C@@]2(C)[C@@H](C[C@H](OC(C)=O)[C@@]3(C)Oc4cc(-c5cccnc5)oc(=O)c4[C@H](O)[C@H]23)[C@]1(C)COC(C)=O. The van der Waals surface area contributed by atoms with Crippen LogP contribution in [-0.2, 0) is 23.8 Å². The molecule has 8 atom stereocenters. The third-order valence-electron chi connectivity index (χ3n) is 9.95. The van der Waals surface area contributed by atoms with E-state index in [0.29, 0.717) is 31.4 Å². The molecule has 0 aromatic carbocycles. The third kappa shape index (κ3) is 4.92. The third-order valence-corrected chi connectivity index (χ3v) is 9.95. The molecular formula is C32H41NO9. The summed E-state index contributed by atoms with van der Waals surface area (Å²) in [5.74, 6) is -1.30. The average molecular weight is 584 g/mol. The second-order valence-corrected chi connectivity index (χ2v) is 12.7. The largest absolute Gasteiger partial charge is 0.482 e. The van der Waals surface area contributed by atoms with Gasteiger partial charge in [-0.05, 0) is 56.1 Å². The van der Waals surface area contributed by atoms with Crippen LogP contribution < -0.4 is 10.4 Å². The summed E-state index contributed by atoms with van der Waals surface area (Å²) in [5.41, 5.74) is -2.53. The summed E-state index contributed by atoms with van der Waals surface area (Å²) < 4.78 is 30.3. The first-order valence-corrected chi connectivity index (χ1v) is 14.7. The summed E-state index contributed by atoms with van der Waals surface area (Å²) in [7, 11) is 0. The van der Waals surface area contributed by atoms with Crippen LogP contribution in [0.4, 0.5) is 0 Å². The predicted molar refractivity (Wildman–Crippen MR) is 151 cm³/mol. The minimum absolute atomic E-state index is 0.0413. The molecule has 2 aromatic rings. The minimum Gasteiger partial charge on any atom is -0.482 e. The number of nitrogens with zero attached hydrogens (tertiary/aromatic N) is 1. The van der Waals surface area contributed by atoms with Crippen LogP contribution >= 0.6 is 0 Å². The van der Waals surface area contributed by atoms with Crippen molar-refractivity contribution >= 4 is 11.9 Å². The summed E-state index contributed by atoms with van der Waals surface area (Å²) in [6.45, 7) is 11.4. The van der Waals surface area contributed by atoms with Gasteiger partial charge < -0.3 is 28.5 Å². The van der Waals surface area contributed by atoms with Crippen molar-refractivity contribution in [2.75, 3.05) is 13.2 Å². The summed E-state index contributed by atoms with van der Waals surface area (Å²) in [6.07, 6.45) is 3.47. The van der Waals surface area contributed by atoms with Crippen molar-refractivity contribution in [1.29, 1.82) is 0 Å². The van der Waals surface area contributed by atoms with Crippen molar-refractivity contribution in [1.82, 2.24) is 4.98 Å². The van der Waals surface area contributed by atoms with Gasteiger partial charge in [0.1, 0.15) is 28.8 Å². The standard InChI is InChI=1S/C32H41NO9/c1-7-13-38-24-10-11-30(4)23(31(24,5)17-39-18(2)34)15-25(40-19(3)35)32(6)28(30)27(36)26-22(42-32)14-21(41-29(26)37)20-9-8-12-33-16-20/h8-9,12,14,16,23-25,27-28,36H,7,10-11,13,15,17H2,1-6H3/t23-,24+,25+,27+,28-,30+,31+,32-/m1/s1. The molecule has 2 fully saturated rings. The molecule has 228 valence electrons. The van der Waals surface area contributed by atoms with E-state index >= 15 is 0 Å². The molecule has 2 aliphatic carbocycles. The quantitative estimate of drug-likeness (QED) is 0.460. The summed E-state index contributed by atoms with van der Waals surface area (Å²) >= 11 is 0. The average Bonchev–Trinajstić information content (AvgIpc) is 2.92. The fourth-order valence-electron chi connectivity index (χ4n) is 8.18. The first-order valence-electron chi connectivity index (χ1n) is 14.7. The second kappa shape index (κ2) is 11.1. The van der Waals surface area contributed by atoms with Crippen molar-refractivity contribution < 1.29 is 38.1 Å². The van der Waals surface area contributed by atoms with E-state index < -0.39 is 52.1 Å². The van der Waals surface area contributed by atoms with Gasteiger partial charge in [-0.2, -0.15) is 0 Å². The highest BCUT2D eigenvalue weighted by Crippen LogP contribution is 2.67. The van der Waals surface area contributed by atoms with Gasteiger partial charge in [-0.1, -0.05) is 20.8 Å². The van der Waals surface area contributed by atoms with Gasteiger partial charge in [0.2, 0.25) is 0 Å². The maximum absolute atomic E-state index is 13.5. The van der Waals surface area contributed by atoms with Gasteiger partial charge in [-0.3, -0.25) is 14.6 Å². The number of esters is 2. The Labute approximate surface area is 245 Å². The van der Waals surface area contributed by atoms with Crippen LogP contribution in [0.5, 0.6) is 5.75 Å². The number of rotatable bonds is 7. The number of pyridine rings is 1. The second-order valence-electron chi connectivity index (χ2n) is 12.7. The van der Waals surface area contributed by atoms with Gasteiger partial charge in [0.15, 0.2) is 0 Å². The van der Waals surface area contributed by atoms with E-state index in [-0.39, 0.29) is 35.7 Å². The molecule has 0 spiro atoms. The van der Waals surface area contributed by atoms with E-state index in [9.17, 15) is 19.5 Å². The van der Waals surface area contributed by atoms with E-state index in [1.807, 2.05) is 20.8 Å². The fraction of sp³-hybridized carbons (Fsp3) is 0.625. The first-order chi connectivity index (χ1) is 19.8. The Hall–Kier alpha value is -3.24. The topological polar surface area (TPSA) is 134 Å². The Morgan fingerprint density at radius 3 is 2.57 bits per heavy atom. The van der Waals surface area contributed by atoms with Crippen molar-refractivity contribution in [3.63, 3.8) is 0 Å². The number of aliphatic hydroxyl groups excluding tert-OH is 1. The van der Waals surface area contributed by atoms with Crippen molar-refractivity contribution in [3.05, 3.63) is 46.6 Å². The number of aliphatic hydroxyl groups is 1. The Morgan fingerprint density at radius 1 is 1.17 bits per heavy atom. The number of ether oxygens (including phenoxy) is 4. The molecule has 5 rings (SSSR count). The van der Waals surface area contributed by atoms with Gasteiger partial charge in [0.25, 0.3) is 0 Å². The molecule has 0 unspecified atom stereocenters. The molecule has 3 aliphatic rings. The molecule has 2 aromatic heterocycles. The maximum Gasteiger partial charge on any atom is 0.345 e. The number of fused-ring (bicyclic) bond motifs is 4. The lowest BCUT2D eigenvalue weighted by Crippen LogP contribution is -2.71. The summed E-state index contributed by atoms with van der Waals surface area (Å²) in [6, 6.07) is 5.09. The molecule has 0 radical (unpaired) electrons. The van der Waals surface area contributed by atoms with E-state index in [1.54, 1.807) is 30.6 Å².